The van der Waals surface area contributed by atoms with Crippen molar-refractivity contribution in [1.29, 1.82) is 0 Å². The fourth-order valence-corrected chi connectivity index (χ4v) is 1.26. The third-order valence-corrected chi connectivity index (χ3v) is 2.01. The number of nitrogens with two attached hydrogens (primary N) is 1. The minimum absolute atomic E-state index is 0.00335. The number of anilines is 2. The van der Waals surface area contributed by atoms with Gasteiger partial charge >= 0.3 is 11.9 Å². The number of carbonyl (C=O) groups is 2. The molecule has 0 aliphatic carbocycles. The number of rotatable bonds is 7. The van der Waals surface area contributed by atoms with Crippen LogP contribution in [0.1, 0.15) is 20.3 Å². The summed E-state index contributed by atoms with van der Waals surface area (Å²) in [5, 5.41) is 9.54. The van der Waals surface area contributed by atoms with Crippen molar-refractivity contribution in [3.05, 3.63) is 11.8 Å². The van der Waals surface area contributed by atoms with Crippen LogP contribution in [0.25, 0.3) is 0 Å². The van der Waals surface area contributed by atoms with Crippen molar-refractivity contribution in [2.75, 3.05) is 24.3 Å². The van der Waals surface area contributed by atoms with Gasteiger partial charge in [0.05, 0.1) is 19.6 Å². The third-order valence-electron chi connectivity index (χ3n) is 2.01. The summed E-state index contributed by atoms with van der Waals surface area (Å²) >= 11 is 0. The molecule has 0 radical (unpaired) electrons. The molecule has 1 aromatic rings. The van der Waals surface area contributed by atoms with Gasteiger partial charge in [0.1, 0.15) is 0 Å². The molecule has 0 aliphatic heterocycles. The van der Waals surface area contributed by atoms with E-state index in [0.717, 1.165) is 6.08 Å². The molecule has 0 spiro atoms. The molecule has 9 nitrogen and oxygen atoms in total. The van der Waals surface area contributed by atoms with E-state index in [2.05, 4.69) is 20.3 Å². The molecule has 0 atom stereocenters. The number of ether oxygens (including phenoxy) is 2. The van der Waals surface area contributed by atoms with Crippen molar-refractivity contribution in [1.82, 2.24) is 10.3 Å². The minimum Gasteiger partial charge on any atom is -0.466 e. The first-order valence-corrected chi connectivity index (χ1v) is 5.94. The van der Waals surface area contributed by atoms with E-state index in [-0.39, 0.29) is 37.0 Å². The Morgan fingerprint density at radius 2 is 2.00 bits per heavy atom. The van der Waals surface area contributed by atoms with Crippen LogP contribution >= 0.6 is 0 Å². The van der Waals surface area contributed by atoms with Crippen LogP contribution in [0.4, 0.5) is 11.6 Å². The maximum atomic E-state index is 11.5. The first kappa shape index (κ1) is 15.5. The SMILES string of the molecule is CCOC(=O)C=C(CC(=O)OCC)Nc1nonc1N. The Morgan fingerprint density at radius 3 is 2.55 bits per heavy atom. The molecule has 20 heavy (non-hydrogen) atoms. The lowest BCUT2D eigenvalue weighted by atomic mass is 10.3. The van der Waals surface area contributed by atoms with E-state index in [4.69, 9.17) is 15.2 Å². The highest BCUT2D eigenvalue weighted by molar-refractivity contribution is 5.85. The Bertz CT molecular complexity index is 497. The third kappa shape index (κ3) is 4.96. The van der Waals surface area contributed by atoms with Crippen molar-refractivity contribution in [3.63, 3.8) is 0 Å². The smallest absolute Gasteiger partial charge is 0.332 e. The van der Waals surface area contributed by atoms with Crippen LogP contribution in [0.3, 0.4) is 0 Å². The quantitative estimate of drug-likeness (QED) is 0.541. The second kappa shape index (κ2) is 7.77. The second-order valence-electron chi connectivity index (χ2n) is 3.53. The normalized spacial score (nSPS) is 11.0. The molecule has 9 heteroatoms. The lowest BCUT2D eigenvalue weighted by Crippen LogP contribution is -2.13. The molecule has 0 bridgehead atoms. The molecular weight excluding hydrogens is 268 g/mol. The second-order valence-corrected chi connectivity index (χ2v) is 3.53. The fraction of sp³-hybridized carbons (Fsp3) is 0.455. The van der Waals surface area contributed by atoms with Crippen LogP contribution in [0.2, 0.25) is 0 Å². The molecule has 0 unspecified atom stereocenters. The maximum Gasteiger partial charge on any atom is 0.332 e. The van der Waals surface area contributed by atoms with Gasteiger partial charge in [-0.05, 0) is 24.2 Å². The zero-order valence-corrected chi connectivity index (χ0v) is 11.2. The van der Waals surface area contributed by atoms with Crippen molar-refractivity contribution < 1.29 is 23.7 Å². The molecular formula is C11H16N4O5. The molecule has 1 heterocycles. The number of nitrogens with zero attached hydrogens (tertiary/aromatic N) is 2. The van der Waals surface area contributed by atoms with Gasteiger partial charge in [0.25, 0.3) is 0 Å². The average molecular weight is 284 g/mol. The van der Waals surface area contributed by atoms with E-state index in [1.807, 2.05) is 0 Å². The van der Waals surface area contributed by atoms with Crippen LogP contribution < -0.4 is 11.1 Å². The highest BCUT2D eigenvalue weighted by Gasteiger charge is 2.13. The highest BCUT2D eigenvalue weighted by Crippen LogP contribution is 2.15. The Balaban J connectivity index is 2.81. The zero-order valence-electron chi connectivity index (χ0n) is 11.2. The van der Waals surface area contributed by atoms with Gasteiger partial charge in [-0.1, -0.05) is 0 Å². The summed E-state index contributed by atoms with van der Waals surface area (Å²) in [6.45, 7) is 3.80. The molecule has 0 saturated heterocycles. The number of carbonyl (C=O) groups excluding carboxylic acids is 2. The molecule has 1 rings (SSSR count). The van der Waals surface area contributed by atoms with Gasteiger partial charge in [-0.15, -0.1) is 0 Å². The first-order chi connectivity index (χ1) is 9.56. The van der Waals surface area contributed by atoms with Crippen LogP contribution in [0.15, 0.2) is 16.4 Å². The van der Waals surface area contributed by atoms with Crippen LogP contribution in [-0.4, -0.2) is 35.5 Å². The van der Waals surface area contributed by atoms with Crippen molar-refractivity contribution >= 4 is 23.6 Å². The topological polar surface area (TPSA) is 130 Å². The van der Waals surface area contributed by atoms with Gasteiger partial charge in [-0.25, -0.2) is 9.42 Å². The van der Waals surface area contributed by atoms with E-state index in [0.29, 0.717) is 0 Å². The van der Waals surface area contributed by atoms with Crippen molar-refractivity contribution in [2.45, 2.75) is 20.3 Å². The van der Waals surface area contributed by atoms with Gasteiger partial charge in [0.15, 0.2) is 0 Å². The monoisotopic (exact) mass is 284 g/mol. The lowest BCUT2D eigenvalue weighted by Gasteiger charge is -2.08. The summed E-state index contributed by atoms with van der Waals surface area (Å²) in [5.74, 6) is -1.01. The van der Waals surface area contributed by atoms with Crippen molar-refractivity contribution in [2.24, 2.45) is 0 Å². The number of aromatic nitrogens is 2. The van der Waals surface area contributed by atoms with E-state index in [1.165, 1.54) is 0 Å². The number of hydrogen-bond acceptors (Lipinski definition) is 9. The lowest BCUT2D eigenvalue weighted by molar-refractivity contribution is -0.142. The predicted octanol–water partition coefficient (Wildman–Crippen LogP) is 0.464. The summed E-state index contributed by atoms with van der Waals surface area (Å²) in [7, 11) is 0. The van der Waals surface area contributed by atoms with E-state index in [1.54, 1.807) is 13.8 Å². The van der Waals surface area contributed by atoms with Gasteiger partial charge < -0.3 is 20.5 Å². The van der Waals surface area contributed by atoms with Gasteiger partial charge in [0, 0.05) is 11.8 Å². The largest absolute Gasteiger partial charge is 0.466 e. The summed E-state index contributed by atoms with van der Waals surface area (Å²) < 4.78 is 14.0. The molecule has 0 fully saturated rings. The minimum atomic E-state index is -0.602. The number of nitrogen functional groups attached to an aromatic ring is 1. The van der Waals surface area contributed by atoms with Crippen LogP contribution in [0, 0.1) is 0 Å². The Kier molecular flexibility index (Phi) is 6.01. The van der Waals surface area contributed by atoms with E-state index in [9.17, 15) is 9.59 Å². The fourth-order valence-electron chi connectivity index (χ4n) is 1.26. The average Bonchev–Trinajstić information content (AvgIpc) is 2.75. The van der Waals surface area contributed by atoms with Crippen LogP contribution in [0.5, 0.6) is 0 Å². The Hall–Kier alpha value is -2.58. The zero-order chi connectivity index (χ0) is 15.0. The Morgan fingerprint density at radius 1 is 1.30 bits per heavy atom. The van der Waals surface area contributed by atoms with Gasteiger partial charge in [0.2, 0.25) is 11.6 Å². The molecule has 0 aliphatic rings. The number of nitrogens with one attached hydrogen (secondary N) is 1. The van der Waals surface area contributed by atoms with E-state index < -0.39 is 11.9 Å². The number of esters is 2. The summed E-state index contributed by atoms with van der Waals surface area (Å²) in [6, 6.07) is 0. The van der Waals surface area contributed by atoms with Crippen LogP contribution in [-0.2, 0) is 19.1 Å². The summed E-state index contributed by atoms with van der Waals surface area (Å²) in [6.07, 6.45) is 0.952. The summed E-state index contributed by atoms with van der Waals surface area (Å²) in [5.41, 5.74) is 5.69. The maximum absolute atomic E-state index is 11.5. The first-order valence-electron chi connectivity index (χ1n) is 5.94. The van der Waals surface area contributed by atoms with Crippen molar-refractivity contribution in [3.8, 4) is 0 Å². The molecule has 3 N–H and O–H groups in total. The molecule has 0 amide bonds. The van der Waals surface area contributed by atoms with E-state index >= 15 is 0 Å². The molecule has 110 valence electrons. The van der Waals surface area contributed by atoms with Gasteiger partial charge in [-0.2, -0.15) is 0 Å². The predicted molar refractivity (Wildman–Crippen MR) is 68.3 cm³/mol. The Labute approximate surface area is 115 Å². The van der Waals surface area contributed by atoms with Gasteiger partial charge in [-0.3, -0.25) is 4.79 Å². The summed E-state index contributed by atoms with van der Waals surface area (Å²) in [4.78, 5) is 22.9. The number of hydrogen-bond donors (Lipinski definition) is 2. The standard InChI is InChI=1S/C11H16N4O5/c1-3-18-8(16)5-7(6-9(17)19-4-2)13-11-10(12)14-20-15-11/h5H,3-4,6H2,1-2H3,(H2,12,14)(H,13,15). The highest BCUT2D eigenvalue weighted by atomic mass is 16.6. The molecule has 1 aromatic heterocycles. The molecule has 0 aromatic carbocycles. The molecule has 0 saturated carbocycles.